The predicted molar refractivity (Wildman–Crippen MR) is 68.3 cm³/mol. The van der Waals surface area contributed by atoms with Crippen LogP contribution in [0.2, 0.25) is 0 Å². The van der Waals surface area contributed by atoms with Crippen molar-refractivity contribution in [1.29, 1.82) is 0 Å². The normalized spacial score (nSPS) is 10.9. The average molecular weight is 304 g/mol. The van der Waals surface area contributed by atoms with Gasteiger partial charge in [-0.1, -0.05) is 30.3 Å². The Balaban J connectivity index is 2.31. The molecule has 1 N–H and O–H groups in total. The second-order valence-electron chi connectivity index (χ2n) is 4.28. The molecule has 0 fully saturated rings. The third-order valence-electron chi connectivity index (χ3n) is 2.40. The Morgan fingerprint density at radius 1 is 1.24 bits per heavy atom. The van der Waals surface area contributed by atoms with Gasteiger partial charge in [0.15, 0.2) is 0 Å². The van der Waals surface area contributed by atoms with Crippen LogP contribution in [0.5, 0.6) is 0 Å². The van der Waals surface area contributed by atoms with Crippen molar-refractivity contribution in [2.45, 2.75) is 12.8 Å². The summed E-state index contributed by atoms with van der Waals surface area (Å²) in [6.45, 7) is -1.84. The number of rotatable bonds is 5. The molecule has 0 spiro atoms. The smallest absolute Gasteiger partial charge is 0.405 e. The highest BCUT2D eigenvalue weighted by atomic mass is 19.4. The molecule has 0 bridgehead atoms. The monoisotopic (exact) mass is 304 g/mol. The summed E-state index contributed by atoms with van der Waals surface area (Å²) >= 11 is 0. The lowest BCUT2D eigenvalue weighted by Crippen LogP contribution is -2.43. The van der Waals surface area contributed by atoms with E-state index in [1.807, 2.05) is 6.07 Å². The topological polar surface area (TPSA) is 58.6 Å². The zero-order chi connectivity index (χ0) is 15.9. The summed E-state index contributed by atoms with van der Waals surface area (Å²) in [4.78, 5) is 23.6. The number of esters is 1. The van der Waals surface area contributed by atoms with E-state index in [2.05, 4.69) is 0 Å². The van der Waals surface area contributed by atoms with Crippen LogP contribution in [0.3, 0.4) is 0 Å². The largest absolute Gasteiger partial charge is 0.459 e. The number of nitrogens with zero attached hydrogens (tertiary/aromatic N) is 1. The lowest BCUT2D eigenvalue weighted by Gasteiger charge is -2.17. The van der Waals surface area contributed by atoms with Crippen LogP contribution in [-0.2, 0) is 16.1 Å². The first kappa shape index (κ1) is 16.8. The maximum Gasteiger partial charge on any atom is 0.405 e. The Morgan fingerprint density at radius 3 is 2.43 bits per heavy atom. The molecule has 21 heavy (non-hydrogen) atoms. The maximum absolute atomic E-state index is 11.9. The second-order valence-corrected chi connectivity index (χ2v) is 4.28. The Kier molecular flexibility index (Phi) is 6.01. The van der Waals surface area contributed by atoms with Crippen LogP contribution in [0.1, 0.15) is 5.56 Å². The third kappa shape index (κ3) is 7.19. The molecular formula is C13H15F3N2O3. The number of halogens is 3. The van der Waals surface area contributed by atoms with Crippen LogP contribution in [-0.4, -0.2) is 43.2 Å². The molecule has 0 aliphatic carbocycles. The summed E-state index contributed by atoms with van der Waals surface area (Å²) in [5.41, 5.74) is 0.773. The first-order valence-corrected chi connectivity index (χ1v) is 6.03. The first-order valence-electron chi connectivity index (χ1n) is 6.03. The second kappa shape index (κ2) is 7.51. The highest BCUT2D eigenvalue weighted by molar-refractivity contribution is 5.80. The zero-order valence-corrected chi connectivity index (χ0v) is 11.3. The molecular weight excluding hydrogens is 289 g/mol. The van der Waals surface area contributed by atoms with E-state index in [1.54, 1.807) is 29.6 Å². The molecule has 2 amide bonds. The van der Waals surface area contributed by atoms with E-state index >= 15 is 0 Å². The molecule has 0 aliphatic rings. The molecule has 0 heterocycles. The van der Waals surface area contributed by atoms with Crippen LogP contribution in [0, 0.1) is 0 Å². The minimum atomic E-state index is -4.50. The number of nitrogens with one attached hydrogen (secondary N) is 1. The van der Waals surface area contributed by atoms with Gasteiger partial charge in [-0.3, -0.25) is 4.79 Å². The van der Waals surface area contributed by atoms with Crippen molar-refractivity contribution in [2.75, 3.05) is 20.1 Å². The van der Waals surface area contributed by atoms with Crippen molar-refractivity contribution in [2.24, 2.45) is 0 Å². The molecule has 0 aliphatic heterocycles. The molecule has 116 valence electrons. The van der Waals surface area contributed by atoms with Gasteiger partial charge in [-0.25, -0.2) is 4.79 Å². The zero-order valence-electron chi connectivity index (χ0n) is 11.3. The molecule has 1 rings (SSSR count). The standard InChI is InChI=1S/C13H15F3N2O3/c1-18(12(20)17-9-13(14,15)16)7-11(19)21-8-10-5-3-2-4-6-10/h2-6H,7-9H2,1H3,(H,17,20). The summed E-state index contributed by atoms with van der Waals surface area (Å²) in [7, 11) is 1.20. The van der Waals surface area contributed by atoms with E-state index < -0.39 is 31.3 Å². The van der Waals surface area contributed by atoms with Gasteiger partial charge in [0.05, 0.1) is 0 Å². The minimum absolute atomic E-state index is 0.0394. The van der Waals surface area contributed by atoms with Crippen LogP contribution >= 0.6 is 0 Å². The fourth-order valence-electron chi connectivity index (χ4n) is 1.36. The van der Waals surface area contributed by atoms with E-state index in [4.69, 9.17) is 4.74 Å². The van der Waals surface area contributed by atoms with Gasteiger partial charge in [-0.05, 0) is 5.56 Å². The highest BCUT2D eigenvalue weighted by Crippen LogP contribution is 2.12. The molecule has 0 saturated heterocycles. The summed E-state index contributed by atoms with van der Waals surface area (Å²) < 4.78 is 40.7. The lowest BCUT2D eigenvalue weighted by atomic mass is 10.2. The van der Waals surface area contributed by atoms with Gasteiger partial charge in [0.2, 0.25) is 0 Å². The van der Waals surface area contributed by atoms with Crippen molar-refractivity contribution in [3.8, 4) is 0 Å². The number of urea groups is 1. The van der Waals surface area contributed by atoms with E-state index in [1.165, 1.54) is 7.05 Å². The quantitative estimate of drug-likeness (QED) is 0.846. The lowest BCUT2D eigenvalue weighted by molar-refractivity contribution is -0.145. The van der Waals surface area contributed by atoms with Gasteiger partial charge < -0.3 is 15.0 Å². The molecule has 0 radical (unpaired) electrons. The van der Waals surface area contributed by atoms with Crippen LogP contribution in [0.15, 0.2) is 30.3 Å². The Morgan fingerprint density at radius 2 is 1.86 bits per heavy atom. The Hall–Kier alpha value is -2.25. The summed E-state index contributed by atoms with van der Waals surface area (Å²) in [5, 5.41) is 1.66. The molecule has 1 aromatic rings. The van der Waals surface area contributed by atoms with Crippen molar-refractivity contribution in [3.05, 3.63) is 35.9 Å². The molecule has 5 nitrogen and oxygen atoms in total. The highest BCUT2D eigenvalue weighted by Gasteiger charge is 2.28. The number of ether oxygens (including phenoxy) is 1. The van der Waals surface area contributed by atoms with Gasteiger partial charge in [-0.15, -0.1) is 0 Å². The number of carbonyl (C=O) groups excluding carboxylic acids is 2. The van der Waals surface area contributed by atoms with Gasteiger partial charge in [0.1, 0.15) is 19.7 Å². The third-order valence-corrected chi connectivity index (χ3v) is 2.40. The molecule has 0 atom stereocenters. The molecule has 0 saturated carbocycles. The van der Waals surface area contributed by atoms with Crippen LogP contribution in [0.4, 0.5) is 18.0 Å². The predicted octanol–water partition coefficient (Wildman–Crippen LogP) is 1.93. The van der Waals surface area contributed by atoms with E-state index in [0.717, 1.165) is 10.5 Å². The summed E-state index contributed by atoms with van der Waals surface area (Å²) in [5.74, 6) is -0.705. The van der Waals surface area contributed by atoms with E-state index in [-0.39, 0.29) is 6.61 Å². The number of likely N-dealkylation sites (N-methyl/N-ethyl adjacent to an activating group) is 1. The summed E-state index contributed by atoms with van der Waals surface area (Å²) in [6.07, 6.45) is -4.50. The van der Waals surface area contributed by atoms with Crippen LogP contribution in [0.25, 0.3) is 0 Å². The molecule has 1 aromatic carbocycles. The minimum Gasteiger partial charge on any atom is -0.459 e. The maximum atomic E-state index is 11.9. The SMILES string of the molecule is CN(CC(=O)OCc1ccccc1)C(=O)NCC(F)(F)F. The van der Waals surface area contributed by atoms with Crippen molar-refractivity contribution in [1.82, 2.24) is 10.2 Å². The van der Waals surface area contributed by atoms with E-state index in [0.29, 0.717) is 0 Å². The van der Waals surface area contributed by atoms with Crippen molar-refractivity contribution in [3.63, 3.8) is 0 Å². The van der Waals surface area contributed by atoms with E-state index in [9.17, 15) is 22.8 Å². The molecule has 0 aromatic heterocycles. The van der Waals surface area contributed by atoms with Gasteiger partial charge >= 0.3 is 18.2 Å². The molecule has 0 unspecified atom stereocenters. The first-order chi connectivity index (χ1) is 9.78. The Bertz CT molecular complexity index is 477. The number of alkyl halides is 3. The fraction of sp³-hybridized carbons (Fsp3) is 0.385. The summed E-state index contributed by atoms with van der Waals surface area (Å²) in [6, 6.07) is 7.88. The van der Waals surface area contributed by atoms with Gasteiger partial charge in [0.25, 0.3) is 0 Å². The fourth-order valence-corrected chi connectivity index (χ4v) is 1.36. The number of benzene rings is 1. The molecule has 8 heteroatoms. The number of hydrogen-bond donors (Lipinski definition) is 1. The Labute approximate surface area is 119 Å². The van der Waals surface area contributed by atoms with Crippen LogP contribution < -0.4 is 5.32 Å². The van der Waals surface area contributed by atoms with Crippen molar-refractivity contribution < 1.29 is 27.5 Å². The van der Waals surface area contributed by atoms with Gasteiger partial charge in [-0.2, -0.15) is 13.2 Å². The van der Waals surface area contributed by atoms with Crippen molar-refractivity contribution >= 4 is 12.0 Å². The number of amides is 2. The van der Waals surface area contributed by atoms with Gasteiger partial charge in [0, 0.05) is 7.05 Å². The number of hydrogen-bond acceptors (Lipinski definition) is 3. The number of carbonyl (C=O) groups is 2. The average Bonchev–Trinajstić information content (AvgIpc) is 2.42.